The van der Waals surface area contributed by atoms with Crippen LogP contribution >= 0.6 is 0 Å². The second-order valence-corrected chi connectivity index (χ2v) is 21.9. The van der Waals surface area contributed by atoms with Crippen LogP contribution in [0.3, 0.4) is 0 Å². The summed E-state index contributed by atoms with van der Waals surface area (Å²) in [7, 11) is 0.815. The molecule has 0 radical (unpaired) electrons. The van der Waals surface area contributed by atoms with Crippen molar-refractivity contribution in [3.8, 4) is 33.8 Å². The second-order valence-electron chi connectivity index (χ2n) is 21.9. The van der Waals surface area contributed by atoms with Crippen LogP contribution in [-0.4, -0.2) is 88.8 Å². The molecule has 9 rings (SSSR count). The number of fused-ring (bicyclic) bond motifs is 5. The minimum Gasteiger partial charge on any atom is -0.507 e. The average molecular weight is 981 g/mol. The number of nitrogens with two attached hydrogens (primary N) is 1. The lowest BCUT2D eigenvalue weighted by molar-refractivity contribution is -0.199. The van der Waals surface area contributed by atoms with Crippen molar-refractivity contribution in [2.24, 2.45) is 34.8 Å². The van der Waals surface area contributed by atoms with Crippen LogP contribution in [0.15, 0.2) is 84.9 Å². The van der Waals surface area contributed by atoms with Crippen LogP contribution in [0.5, 0.6) is 11.5 Å². The van der Waals surface area contributed by atoms with Crippen LogP contribution in [-0.2, 0) is 41.3 Å². The van der Waals surface area contributed by atoms with Gasteiger partial charge in [0, 0.05) is 54.8 Å². The Kier molecular flexibility index (Phi) is 15.8. The van der Waals surface area contributed by atoms with Gasteiger partial charge in [0.1, 0.15) is 23.6 Å². The van der Waals surface area contributed by atoms with Crippen molar-refractivity contribution in [1.29, 1.82) is 0 Å². The lowest BCUT2D eigenvalue weighted by Crippen LogP contribution is -2.65. The molecule has 0 unspecified atom stereocenters. The number of unbranched alkanes of at least 4 members (excludes halogenated alkanes) is 2. The highest BCUT2D eigenvalue weighted by Gasteiger charge is 2.68. The van der Waals surface area contributed by atoms with E-state index < -0.39 is 66.1 Å². The fourth-order valence-electron chi connectivity index (χ4n) is 12.0. The normalized spacial score (nSPS) is 25.2. The molecule has 3 amide bonds. The fourth-order valence-corrected chi connectivity index (χ4v) is 12.0. The summed E-state index contributed by atoms with van der Waals surface area (Å²) in [6.45, 7) is 12.7. The van der Waals surface area contributed by atoms with E-state index in [0.29, 0.717) is 54.3 Å². The van der Waals surface area contributed by atoms with Gasteiger partial charge < -0.3 is 40.8 Å². The third-order valence-corrected chi connectivity index (χ3v) is 16.6. The number of hydrogen-bond donors (Lipinski definition) is 5. The Morgan fingerprint density at radius 2 is 1.56 bits per heavy atom. The van der Waals surface area contributed by atoms with Crippen molar-refractivity contribution in [3.63, 3.8) is 0 Å². The summed E-state index contributed by atoms with van der Waals surface area (Å²) >= 11 is 0. The highest BCUT2D eigenvalue weighted by Crippen LogP contribution is 2.65. The molecule has 0 aromatic heterocycles. The largest absolute Gasteiger partial charge is 0.507 e. The number of carbonyl (C=O) groups is 5. The Hall–Kier alpha value is -5.83. The van der Waals surface area contributed by atoms with Crippen molar-refractivity contribution in [2.45, 2.75) is 142 Å². The molecule has 2 aliphatic heterocycles. The van der Waals surface area contributed by atoms with E-state index in [9.17, 15) is 34.2 Å². The first-order chi connectivity index (χ1) is 34.3. The molecule has 14 heteroatoms. The van der Waals surface area contributed by atoms with Crippen molar-refractivity contribution in [3.05, 3.63) is 107 Å². The van der Waals surface area contributed by atoms with Crippen LogP contribution in [0.4, 0.5) is 0 Å². The van der Waals surface area contributed by atoms with Gasteiger partial charge in [-0.05, 0) is 128 Å². The van der Waals surface area contributed by atoms with Gasteiger partial charge in [0.2, 0.25) is 17.7 Å². The zero-order valence-electron chi connectivity index (χ0n) is 43.0. The van der Waals surface area contributed by atoms with Crippen LogP contribution in [0.2, 0.25) is 0 Å². The van der Waals surface area contributed by atoms with E-state index in [-0.39, 0.29) is 59.2 Å². The first-order valence-electron chi connectivity index (χ1n) is 26.1. The van der Waals surface area contributed by atoms with E-state index in [1.165, 1.54) is 29.6 Å². The molecule has 382 valence electrons. The predicted molar refractivity (Wildman–Crippen MR) is 279 cm³/mol. The molecule has 4 aromatic rings. The second kappa shape index (κ2) is 21.7. The molecule has 3 saturated carbocycles. The summed E-state index contributed by atoms with van der Waals surface area (Å²) in [6, 6.07) is 22.8. The molecule has 3 aliphatic carbocycles. The molecule has 9 atom stereocenters. The standard InChI is InChI=1S/C58H73BN4O9/c1-8-9-12-36-14-17-38(18-15-36)39-19-21-40(22-20-39)49(66)31-42(13-10-11-26-60)56(70)63(7)53-41-23-25-48(65)45(30-41)44-28-37(16-24-47(44)64)29-46(62-54(68)34(2)27-50(53)67)55(69)61-35(3)59-71-52-33-43-32-51(57(43,4)5)58(52,6)72-59/h14-25,28,30,34-35,42-43,46,51-53,64-65H,8-13,26-27,29,31-33,60H2,1-7H3,(H,61,69)(H,62,68)/t34-,35+,42-,43+,46+,51+,52-,53+,58+/m1/s1. The molecule has 13 nitrogen and oxygen atoms in total. The zero-order valence-corrected chi connectivity index (χ0v) is 43.0. The molecular weight excluding hydrogens is 907 g/mol. The van der Waals surface area contributed by atoms with Gasteiger partial charge in [-0.3, -0.25) is 24.0 Å². The van der Waals surface area contributed by atoms with Gasteiger partial charge in [0.25, 0.3) is 0 Å². The first-order valence-corrected chi connectivity index (χ1v) is 26.1. The maximum absolute atomic E-state index is 14.9. The van der Waals surface area contributed by atoms with Gasteiger partial charge in [-0.25, -0.2) is 0 Å². The number of aromatic hydroxyl groups is 2. The van der Waals surface area contributed by atoms with E-state index in [4.69, 9.17) is 15.0 Å². The quantitative estimate of drug-likeness (QED) is 0.0411. The summed E-state index contributed by atoms with van der Waals surface area (Å²) in [5.74, 6) is -3.95. The zero-order chi connectivity index (χ0) is 51.6. The number of nitrogens with one attached hydrogen (secondary N) is 2. The number of phenols is 2. The average Bonchev–Trinajstić information content (AvgIpc) is 3.73. The first kappa shape index (κ1) is 52.5. The Morgan fingerprint density at radius 3 is 2.22 bits per heavy atom. The summed E-state index contributed by atoms with van der Waals surface area (Å²) in [4.78, 5) is 73.5. The summed E-state index contributed by atoms with van der Waals surface area (Å²) in [5, 5.41) is 28.6. The maximum atomic E-state index is 14.9. The van der Waals surface area contributed by atoms with Gasteiger partial charge in [-0.15, -0.1) is 0 Å². The highest BCUT2D eigenvalue weighted by molar-refractivity contribution is 6.47. The number of likely N-dealkylation sites (N-methyl/N-ethyl adjacent to an activating group) is 1. The van der Waals surface area contributed by atoms with Gasteiger partial charge in [0.05, 0.1) is 17.6 Å². The molecule has 2 heterocycles. The number of ketones is 2. The molecule has 5 aliphatic rings. The molecule has 72 heavy (non-hydrogen) atoms. The maximum Gasteiger partial charge on any atom is 0.481 e. The molecule has 6 N–H and O–H groups in total. The van der Waals surface area contributed by atoms with Crippen molar-refractivity contribution >= 4 is 36.4 Å². The molecule has 6 bridgehead atoms. The Bertz CT molecular complexity index is 2660. The van der Waals surface area contributed by atoms with Gasteiger partial charge in [0.15, 0.2) is 11.6 Å². The lowest BCUT2D eigenvalue weighted by atomic mass is 9.43. The number of rotatable bonds is 16. The Labute approximate surface area is 425 Å². The van der Waals surface area contributed by atoms with Gasteiger partial charge >= 0.3 is 7.12 Å². The number of amides is 3. The van der Waals surface area contributed by atoms with E-state index in [2.05, 4.69) is 62.6 Å². The van der Waals surface area contributed by atoms with Crippen molar-refractivity contribution in [1.82, 2.24) is 15.5 Å². The van der Waals surface area contributed by atoms with Gasteiger partial charge in [-0.2, -0.15) is 0 Å². The Morgan fingerprint density at radius 1 is 0.889 bits per heavy atom. The monoisotopic (exact) mass is 981 g/mol. The van der Waals surface area contributed by atoms with Crippen LogP contribution in [0, 0.1) is 29.1 Å². The van der Waals surface area contributed by atoms with Crippen molar-refractivity contribution < 1.29 is 43.5 Å². The number of Topliss-reactive ketones (excluding diaryl/α,β-unsaturated/α-hetero) is 2. The number of carbonyl (C=O) groups excluding carboxylic acids is 5. The number of benzene rings is 4. The predicted octanol–water partition coefficient (Wildman–Crippen LogP) is 8.70. The number of nitrogens with zero attached hydrogens (tertiary/aromatic N) is 1. The summed E-state index contributed by atoms with van der Waals surface area (Å²) in [6.07, 6.45) is 6.31. The third-order valence-electron chi connectivity index (χ3n) is 16.6. The topological polar surface area (TPSA) is 198 Å². The van der Waals surface area contributed by atoms with E-state index in [0.717, 1.165) is 43.2 Å². The summed E-state index contributed by atoms with van der Waals surface area (Å²) in [5.41, 5.74) is 10.6. The SMILES string of the molecule is CCCCc1ccc(-c2ccc(C(=O)C[C@@H](CCCCN)C(=O)N(C)[C@@H]3C(=O)C[C@@H](C)C(=O)N[C@H](C(=O)N[C@@H](C)B4O[C@@H]5C[C@@H]6C[C@@H](C6(C)C)[C@]5(C)O4)Cc4ccc(O)c(c4)-c4cc3ccc4O)cc2)cc1. The smallest absolute Gasteiger partial charge is 0.481 e. The van der Waals surface area contributed by atoms with E-state index in [1.54, 1.807) is 43.3 Å². The van der Waals surface area contributed by atoms with Crippen LogP contribution < -0.4 is 16.4 Å². The number of hydrogen-bond acceptors (Lipinski definition) is 10. The van der Waals surface area contributed by atoms with Crippen LogP contribution in [0.25, 0.3) is 22.3 Å². The summed E-state index contributed by atoms with van der Waals surface area (Å²) < 4.78 is 13.1. The minimum absolute atomic E-state index is 0.0185. The van der Waals surface area contributed by atoms with Gasteiger partial charge in [-0.1, -0.05) is 101 Å². The lowest BCUT2D eigenvalue weighted by Gasteiger charge is -2.64. The molecule has 1 saturated heterocycles. The minimum atomic E-state index is -1.26. The molecule has 4 aromatic carbocycles. The fraction of sp³-hybridized carbons (Fsp3) is 0.500. The van der Waals surface area contributed by atoms with Crippen molar-refractivity contribution in [2.75, 3.05) is 13.6 Å². The van der Waals surface area contributed by atoms with Crippen LogP contribution in [0.1, 0.15) is 132 Å². The molecule has 4 fully saturated rings. The Balaban J connectivity index is 1.03. The third kappa shape index (κ3) is 10.8. The highest BCUT2D eigenvalue weighted by atomic mass is 16.7. The molecule has 0 spiro atoms. The number of phenolic OH excluding ortho intramolecular Hbond substituents is 2. The van der Waals surface area contributed by atoms with E-state index in [1.807, 2.05) is 19.1 Å². The van der Waals surface area contributed by atoms with E-state index >= 15 is 0 Å². The number of aryl methyl sites for hydroxylation is 1. The molecular formula is C58H73BN4O9.